The molecule has 0 bridgehead atoms. The molecule has 3 N–H and O–H groups in total. The normalized spacial score (nSPS) is 11.6. The maximum atomic E-state index is 12.4. The molecular weight excluding hydrogens is 474 g/mol. The van der Waals surface area contributed by atoms with Gasteiger partial charge in [-0.1, -0.05) is 75.0 Å². The van der Waals surface area contributed by atoms with Gasteiger partial charge in [0.2, 0.25) is 0 Å². The van der Waals surface area contributed by atoms with Crippen LogP contribution in [0.3, 0.4) is 0 Å². The molecule has 184 valence electrons. The Labute approximate surface area is 213 Å². The van der Waals surface area contributed by atoms with Crippen molar-refractivity contribution in [1.29, 1.82) is 0 Å². The lowest BCUT2D eigenvalue weighted by molar-refractivity contribution is -0.118. The largest absolute Gasteiger partial charge is 0.508 e. The van der Waals surface area contributed by atoms with Crippen molar-refractivity contribution in [3.8, 4) is 28.6 Å². The summed E-state index contributed by atoms with van der Waals surface area (Å²) in [5.74, 6) is 0.212. The second-order valence-corrected chi connectivity index (χ2v) is 10.1. The minimum absolute atomic E-state index is 0.0452. The summed E-state index contributed by atoms with van der Waals surface area (Å²) in [7, 11) is 0. The van der Waals surface area contributed by atoms with Crippen molar-refractivity contribution in [1.82, 2.24) is 20.2 Å². The topological polar surface area (TPSA) is 113 Å². The Hall–Kier alpha value is -4.11. The summed E-state index contributed by atoms with van der Waals surface area (Å²) in [6, 6.07) is 22.1. The van der Waals surface area contributed by atoms with Crippen LogP contribution in [0.5, 0.6) is 11.5 Å². The van der Waals surface area contributed by atoms with E-state index in [1.807, 2.05) is 47.0 Å². The average molecular weight is 502 g/mol. The maximum Gasteiger partial charge on any atom is 0.250 e. The zero-order chi connectivity index (χ0) is 25.7. The number of benzene rings is 3. The van der Waals surface area contributed by atoms with Crippen LogP contribution >= 0.6 is 11.8 Å². The lowest BCUT2D eigenvalue weighted by Gasteiger charge is -2.19. The van der Waals surface area contributed by atoms with Crippen LogP contribution in [0.25, 0.3) is 17.1 Å². The first-order valence-electron chi connectivity index (χ1n) is 11.3. The molecule has 0 saturated carbocycles. The molecule has 8 nitrogen and oxygen atoms in total. The highest BCUT2D eigenvalue weighted by Crippen LogP contribution is 2.30. The van der Waals surface area contributed by atoms with E-state index in [9.17, 15) is 15.0 Å². The van der Waals surface area contributed by atoms with Gasteiger partial charge in [0.1, 0.15) is 11.5 Å². The van der Waals surface area contributed by atoms with E-state index in [-0.39, 0.29) is 28.6 Å². The number of phenolic OH excluding ortho intramolecular Hbond substituents is 2. The third-order valence-corrected chi connectivity index (χ3v) is 6.33. The van der Waals surface area contributed by atoms with Crippen molar-refractivity contribution in [2.75, 3.05) is 5.75 Å². The lowest BCUT2D eigenvalue weighted by atomic mass is 9.87. The third kappa shape index (κ3) is 5.92. The number of nitrogens with one attached hydrogen (secondary N) is 1. The van der Waals surface area contributed by atoms with Crippen molar-refractivity contribution < 1.29 is 15.0 Å². The fraction of sp³-hybridized carbons (Fsp3) is 0.185. The van der Waals surface area contributed by atoms with Crippen molar-refractivity contribution in [2.45, 2.75) is 31.3 Å². The van der Waals surface area contributed by atoms with Crippen LogP contribution in [-0.4, -0.2) is 42.9 Å². The highest BCUT2D eigenvalue weighted by atomic mass is 32.2. The second-order valence-electron chi connectivity index (χ2n) is 9.13. The van der Waals surface area contributed by atoms with Gasteiger partial charge >= 0.3 is 0 Å². The molecule has 1 amide bonds. The molecule has 0 aliphatic carbocycles. The number of para-hydroxylation sites is 1. The molecule has 0 radical (unpaired) electrons. The number of carbonyl (C=O) groups excluding carboxylic acids is 1. The van der Waals surface area contributed by atoms with E-state index in [4.69, 9.17) is 0 Å². The fourth-order valence-electron chi connectivity index (χ4n) is 3.46. The molecular formula is C27H27N5O3S. The van der Waals surface area contributed by atoms with Crippen molar-refractivity contribution in [3.63, 3.8) is 0 Å². The predicted octanol–water partition coefficient (Wildman–Crippen LogP) is 4.89. The van der Waals surface area contributed by atoms with Crippen molar-refractivity contribution in [3.05, 3.63) is 83.9 Å². The van der Waals surface area contributed by atoms with E-state index >= 15 is 0 Å². The first-order chi connectivity index (χ1) is 17.2. The van der Waals surface area contributed by atoms with Crippen LogP contribution < -0.4 is 5.43 Å². The van der Waals surface area contributed by atoms with Crippen LogP contribution in [-0.2, 0) is 10.2 Å². The average Bonchev–Trinajstić information content (AvgIpc) is 3.28. The zero-order valence-corrected chi connectivity index (χ0v) is 21.0. The zero-order valence-electron chi connectivity index (χ0n) is 20.2. The van der Waals surface area contributed by atoms with E-state index in [1.165, 1.54) is 41.7 Å². The highest BCUT2D eigenvalue weighted by molar-refractivity contribution is 7.99. The molecule has 4 rings (SSSR count). The summed E-state index contributed by atoms with van der Waals surface area (Å²) >= 11 is 1.25. The minimum atomic E-state index is -0.340. The van der Waals surface area contributed by atoms with Gasteiger partial charge in [0.15, 0.2) is 11.0 Å². The van der Waals surface area contributed by atoms with Gasteiger partial charge in [-0.3, -0.25) is 9.36 Å². The number of hydrogen-bond acceptors (Lipinski definition) is 7. The van der Waals surface area contributed by atoms with Crippen LogP contribution in [0.2, 0.25) is 0 Å². The predicted molar refractivity (Wildman–Crippen MR) is 142 cm³/mol. The Morgan fingerprint density at radius 1 is 1.03 bits per heavy atom. The van der Waals surface area contributed by atoms with E-state index in [1.54, 1.807) is 0 Å². The third-order valence-electron chi connectivity index (χ3n) is 5.40. The van der Waals surface area contributed by atoms with E-state index in [0.717, 1.165) is 11.3 Å². The van der Waals surface area contributed by atoms with Gasteiger partial charge in [-0.25, -0.2) is 5.43 Å². The van der Waals surface area contributed by atoms with E-state index in [2.05, 4.69) is 53.6 Å². The second kappa shape index (κ2) is 10.7. The smallest absolute Gasteiger partial charge is 0.250 e. The number of amides is 1. The molecule has 0 aliphatic heterocycles. The SMILES string of the molecule is CC(C)(C)c1ccc(-c2nnc(SCC(=O)N/N=C\c3ccc(O)cc3O)n2-c2ccccc2)cc1. The number of thioether (sulfide) groups is 1. The summed E-state index contributed by atoms with van der Waals surface area (Å²) in [5.41, 5.74) is 5.89. The van der Waals surface area contributed by atoms with Crippen LogP contribution in [0.4, 0.5) is 0 Å². The maximum absolute atomic E-state index is 12.4. The number of aromatic hydroxyl groups is 2. The molecule has 1 heterocycles. The van der Waals surface area contributed by atoms with Gasteiger partial charge in [0.05, 0.1) is 12.0 Å². The summed E-state index contributed by atoms with van der Waals surface area (Å²) < 4.78 is 1.93. The van der Waals surface area contributed by atoms with Gasteiger partial charge in [0.25, 0.3) is 5.91 Å². The molecule has 1 aromatic heterocycles. The summed E-state index contributed by atoms with van der Waals surface area (Å²) in [6.07, 6.45) is 1.31. The van der Waals surface area contributed by atoms with E-state index < -0.39 is 0 Å². The Bertz CT molecular complexity index is 1380. The summed E-state index contributed by atoms with van der Waals surface area (Å²) in [4.78, 5) is 12.4. The molecule has 9 heteroatoms. The molecule has 3 aromatic carbocycles. The molecule has 0 unspecified atom stereocenters. The molecule has 0 aliphatic rings. The van der Waals surface area contributed by atoms with Crippen LogP contribution in [0.1, 0.15) is 31.9 Å². The van der Waals surface area contributed by atoms with Gasteiger partial charge in [-0.05, 0) is 35.2 Å². The monoisotopic (exact) mass is 501 g/mol. The fourth-order valence-corrected chi connectivity index (χ4v) is 4.20. The minimum Gasteiger partial charge on any atom is -0.508 e. The van der Waals surface area contributed by atoms with Gasteiger partial charge in [0, 0.05) is 22.9 Å². The highest BCUT2D eigenvalue weighted by Gasteiger charge is 2.19. The number of aromatic nitrogens is 3. The molecule has 0 atom stereocenters. The number of hydrogen-bond donors (Lipinski definition) is 3. The first-order valence-corrected chi connectivity index (χ1v) is 12.3. The van der Waals surface area contributed by atoms with Gasteiger partial charge in [-0.15, -0.1) is 10.2 Å². The molecule has 4 aromatic rings. The number of phenols is 2. The number of hydrazone groups is 1. The van der Waals surface area contributed by atoms with Crippen molar-refractivity contribution >= 4 is 23.9 Å². The Kier molecular flexibility index (Phi) is 7.40. The van der Waals surface area contributed by atoms with Crippen LogP contribution in [0.15, 0.2) is 83.1 Å². The number of nitrogens with zero attached hydrogens (tertiary/aromatic N) is 4. The Morgan fingerprint density at radius 2 is 1.75 bits per heavy atom. The van der Waals surface area contributed by atoms with E-state index in [0.29, 0.717) is 16.5 Å². The van der Waals surface area contributed by atoms with Gasteiger partial charge in [-0.2, -0.15) is 5.10 Å². The Balaban J connectivity index is 1.51. The van der Waals surface area contributed by atoms with Gasteiger partial charge < -0.3 is 10.2 Å². The lowest BCUT2D eigenvalue weighted by Crippen LogP contribution is -2.20. The Morgan fingerprint density at radius 3 is 2.42 bits per heavy atom. The summed E-state index contributed by atoms with van der Waals surface area (Å²) in [5, 5.41) is 32.4. The number of rotatable bonds is 7. The molecule has 36 heavy (non-hydrogen) atoms. The standard InChI is InChI=1S/C27H27N5O3S/c1-27(2,3)20-12-9-18(10-13-20)25-30-31-26(32(25)21-7-5-4-6-8-21)36-17-24(35)29-28-16-19-11-14-22(33)15-23(19)34/h4-16,33-34H,17H2,1-3H3,(H,29,35)/b28-16-. The van der Waals surface area contributed by atoms with Crippen LogP contribution in [0, 0.1) is 0 Å². The number of carbonyl (C=O) groups is 1. The van der Waals surface area contributed by atoms with Crippen molar-refractivity contribution in [2.24, 2.45) is 5.10 Å². The first kappa shape index (κ1) is 25.0. The molecule has 0 saturated heterocycles. The quantitative estimate of drug-likeness (QED) is 0.189. The summed E-state index contributed by atoms with van der Waals surface area (Å²) in [6.45, 7) is 6.52. The molecule has 0 fully saturated rings. The molecule has 0 spiro atoms.